The quantitative estimate of drug-likeness (QED) is 0.800. The Bertz CT molecular complexity index is 663. The maximum absolute atomic E-state index is 10.6. The summed E-state index contributed by atoms with van der Waals surface area (Å²) in [6.45, 7) is 0.508. The van der Waals surface area contributed by atoms with Crippen LogP contribution in [0.5, 0.6) is 5.75 Å². The molecule has 0 saturated heterocycles. The number of carboxylic acid groups (broad SMARTS) is 1. The third-order valence-corrected chi connectivity index (χ3v) is 3.17. The molecule has 0 aliphatic rings. The van der Waals surface area contributed by atoms with Crippen molar-refractivity contribution < 1.29 is 14.6 Å². The van der Waals surface area contributed by atoms with Gasteiger partial charge in [-0.15, -0.1) is 0 Å². The number of methoxy groups -OCH3 is 1. The van der Waals surface area contributed by atoms with Gasteiger partial charge in [-0.2, -0.15) is 5.10 Å². The fraction of sp³-hybridized carbons (Fsp3) is 0.308. The van der Waals surface area contributed by atoms with Crippen LogP contribution >= 0.6 is 12.2 Å². The fourth-order valence-electron chi connectivity index (χ4n) is 1.90. The third kappa shape index (κ3) is 3.24. The highest BCUT2D eigenvalue weighted by Gasteiger charge is 2.10. The number of aromatic amines is 1. The van der Waals surface area contributed by atoms with Crippen molar-refractivity contribution in [1.29, 1.82) is 0 Å². The molecule has 7 heteroatoms. The molecule has 0 saturated carbocycles. The molecular weight excluding hydrogens is 278 g/mol. The zero-order chi connectivity index (χ0) is 14.5. The molecule has 0 fully saturated rings. The summed E-state index contributed by atoms with van der Waals surface area (Å²) < 4.78 is 7.46. The van der Waals surface area contributed by atoms with E-state index in [0.29, 0.717) is 23.6 Å². The minimum absolute atomic E-state index is 0.102. The summed E-state index contributed by atoms with van der Waals surface area (Å²) in [7, 11) is 1.60. The number of ether oxygens (including phenoxy) is 1. The Hall–Kier alpha value is -2.15. The molecule has 0 unspecified atom stereocenters. The number of benzene rings is 1. The van der Waals surface area contributed by atoms with Gasteiger partial charge in [-0.05, 0) is 30.8 Å². The van der Waals surface area contributed by atoms with E-state index >= 15 is 0 Å². The monoisotopic (exact) mass is 293 g/mol. The van der Waals surface area contributed by atoms with E-state index in [4.69, 9.17) is 22.1 Å². The summed E-state index contributed by atoms with van der Waals surface area (Å²) in [5.41, 5.74) is 0.868. The highest BCUT2D eigenvalue weighted by molar-refractivity contribution is 7.71. The van der Waals surface area contributed by atoms with E-state index < -0.39 is 5.97 Å². The second-order valence-electron chi connectivity index (χ2n) is 4.23. The van der Waals surface area contributed by atoms with Crippen LogP contribution in [-0.2, 0) is 11.3 Å². The number of aliphatic carboxylic acids is 1. The SMILES string of the molecule is COc1cccc(-c2n[nH]c(=S)n2CCCC(=O)O)c1. The van der Waals surface area contributed by atoms with Crippen LogP contribution < -0.4 is 4.74 Å². The predicted molar refractivity (Wildman–Crippen MR) is 76.3 cm³/mol. The van der Waals surface area contributed by atoms with Gasteiger partial charge in [0, 0.05) is 18.5 Å². The van der Waals surface area contributed by atoms with E-state index in [2.05, 4.69) is 10.2 Å². The van der Waals surface area contributed by atoms with E-state index in [1.807, 2.05) is 24.3 Å². The second-order valence-corrected chi connectivity index (χ2v) is 4.62. The van der Waals surface area contributed by atoms with Crippen LogP contribution in [0.1, 0.15) is 12.8 Å². The number of carbonyl (C=O) groups is 1. The topological polar surface area (TPSA) is 80.1 Å². The number of hydrogen-bond donors (Lipinski definition) is 2. The Balaban J connectivity index is 2.27. The molecule has 2 rings (SSSR count). The number of H-pyrrole nitrogens is 1. The standard InChI is InChI=1S/C13H15N3O3S/c1-19-10-5-2-4-9(8-10)12-14-15-13(20)16(12)7-3-6-11(17)18/h2,4-5,8H,3,6-7H2,1H3,(H,15,20)(H,17,18). The summed E-state index contributed by atoms with van der Waals surface area (Å²) in [6.07, 6.45) is 0.602. The number of carboxylic acids is 1. The molecule has 2 N–H and O–H groups in total. The van der Waals surface area contributed by atoms with Crippen molar-refractivity contribution in [2.24, 2.45) is 0 Å². The van der Waals surface area contributed by atoms with Gasteiger partial charge >= 0.3 is 5.97 Å². The minimum atomic E-state index is -0.817. The molecule has 0 amide bonds. The van der Waals surface area contributed by atoms with Crippen molar-refractivity contribution in [3.63, 3.8) is 0 Å². The van der Waals surface area contributed by atoms with Gasteiger partial charge < -0.3 is 14.4 Å². The molecule has 106 valence electrons. The van der Waals surface area contributed by atoms with Gasteiger partial charge in [-0.1, -0.05) is 12.1 Å². The van der Waals surface area contributed by atoms with Crippen LogP contribution in [0.25, 0.3) is 11.4 Å². The van der Waals surface area contributed by atoms with Crippen molar-refractivity contribution in [2.45, 2.75) is 19.4 Å². The molecule has 0 radical (unpaired) electrons. The van der Waals surface area contributed by atoms with E-state index in [1.54, 1.807) is 11.7 Å². The lowest BCUT2D eigenvalue weighted by atomic mass is 10.2. The molecule has 0 aliphatic carbocycles. The van der Waals surface area contributed by atoms with Crippen LogP contribution in [0, 0.1) is 4.77 Å². The Morgan fingerprint density at radius 3 is 3.05 bits per heavy atom. The van der Waals surface area contributed by atoms with Gasteiger partial charge in [0.15, 0.2) is 10.6 Å². The van der Waals surface area contributed by atoms with Crippen molar-refractivity contribution in [2.75, 3.05) is 7.11 Å². The van der Waals surface area contributed by atoms with Crippen molar-refractivity contribution in [1.82, 2.24) is 14.8 Å². The number of nitrogens with one attached hydrogen (secondary N) is 1. The molecule has 0 spiro atoms. The lowest BCUT2D eigenvalue weighted by Crippen LogP contribution is -2.04. The number of aromatic nitrogens is 3. The van der Waals surface area contributed by atoms with E-state index in [0.717, 1.165) is 11.3 Å². The van der Waals surface area contributed by atoms with Crippen molar-refractivity contribution >= 4 is 18.2 Å². The largest absolute Gasteiger partial charge is 0.497 e. The lowest BCUT2D eigenvalue weighted by Gasteiger charge is -2.07. The van der Waals surface area contributed by atoms with Crippen molar-refractivity contribution in [3.05, 3.63) is 29.0 Å². The van der Waals surface area contributed by atoms with E-state index in [9.17, 15) is 4.79 Å². The third-order valence-electron chi connectivity index (χ3n) is 2.86. The fourth-order valence-corrected chi connectivity index (χ4v) is 2.12. The van der Waals surface area contributed by atoms with Gasteiger partial charge in [-0.3, -0.25) is 9.89 Å². The van der Waals surface area contributed by atoms with Gasteiger partial charge in [0.2, 0.25) is 0 Å². The van der Waals surface area contributed by atoms with Crippen molar-refractivity contribution in [3.8, 4) is 17.1 Å². The smallest absolute Gasteiger partial charge is 0.303 e. The first-order valence-electron chi connectivity index (χ1n) is 6.13. The highest BCUT2D eigenvalue weighted by Crippen LogP contribution is 2.22. The summed E-state index contributed by atoms with van der Waals surface area (Å²) in [4.78, 5) is 10.6. The summed E-state index contributed by atoms with van der Waals surface area (Å²) in [6, 6.07) is 7.48. The molecule has 2 aromatic rings. The average molecular weight is 293 g/mol. The zero-order valence-corrected chi connectivity index (χ0v) is 11.8. The molecule has 1 aromatic carbocycles. The Labute approximate surface area is 121 Å². The van der Waals surface area contributed by atoms with Crippen LogP contribution in [0.4, 0.5) is 0 Å². The van der Waals surface area contributed by atoms with E-state index in [1.165, 1.54) is 0 Å². The summed E-state index contributed by atoms with van der Waals surface area (Å²) in [5.74, 6) is 0.593. The van der Waals surface area contributed by atoms with E-state index in [-0.39, 0.29) is 6.42 Å². The average Bonchev–Trinajstić information content (AvgIpc) is 2.80. The normalized spacial score (nSPS) is 10.4. The second kappa shape index (κ2) is 6.33. The number of hydrogen-bond acceptors (Lipinski definition) is 4. The maximum Gasteiger partial charge on any atom is 0.303 e. The van der Waals surface area contributed by atoms with Crippen LogP contribution in [0.3, 0.4) is 0 Å². The molecule has 0 bridgehead atoms. The van der Waals surface area contributed by atoms with Gasteiger partial charge in [0.25, 0.3) is 0 Å². The summed E-state index contributed by atoms with van der Waals surface area (Å²) >= 11 is 5.18. The molecular formula is C13H15N3O3S. The van der Waals surface area contributed by atoms with Crippen LogP contribution in [0.15, 0.2) is 24.3 Å². The maximum atomic E-state index is 10.6. The highest BCUT2D eigenvalue weighted by atomic mass is 32.1. The Kier molecular flexibility index (Phi) is 4.52. The first kappa shape index (κ1) is 14.3. The molecule has 1 aromatic heterocycles. The Morgan fingerprint density at radius 2 is 2.35 bits per heavy atom. The van der Waals surface area contributed by atoms with Gasteiger partial charge in [-0.25, -0.2) is 0 Å². The molecule has 1 heterocycles. The molecule has 0 atom stereocenters. The zero-order valence-electron chi connectivity index (χ0n) is 11.0. The van der Waals surface area contributed by atoms with Crippen LogP contribution in [-0.4, -0.2) is 33.0 Å². The molecule has 0 aliphatic heterocycles. The van der Waals surface area contributed by atoms with Gasteiger partial charge in [0.05, 0.1) is 7.11 Å². The molecule has 6 nitrogen and oxygen atoms in total. The lowest BCUT2D eigenvalue weighted by molar-refractivity contribution is -0.137. The first-order valence-corrected chi connectivity index (χ1v) is 6.54. The Morgan fingerprint density at radius 1 is 1.55 bits per heavy atom. The molecule has 20 heavy (non-hydrogen) atoms. The van der Waals surface area contributed by atoms with Crippen LogP contribution in [0.2, 0.25) is 0 Å². The number of nitrogens with zero attached hydrogens (tertiary/aromatic N) is 2. The predicted octanol–water partition coefficient (Wildman–Crippen LogP) is 2.48. The minimum Gasteiger partial charge on any atom is -0.497 e. The number of rotatable bonds is 6. The van der Waals surface area contributed by atoms with Gasteiger partial charge in [0.1, 0.15) is 5.75 Å². The first-order chi connectivity index (χ1) is 9.61. The summed E-state index contributed by atoms with van der Waals surface area (Å²) in [5, 5.41) is 15.6.